The minimum atomic E-state index is -0.0910. The van der Waals surface area contributed by atoms with E-state index in [1.54, 1.807) is 0 Å². The Hall–Kier alpha value is -1.81. The van der Waals surface area contributed by atoms with Crippen molar-refractivity contribution in [2.24, 2.45) is 0 Å². The van der Waals surface area contributed by atoms with Gasteiger partial charge in [-0.1, -0.05) is 18.2 Å². The van der Waals surface area contributed by atoms with E-state index in [1.807, 2.05) is 49.1 Å². The van der Waals surface area contributed by atoms with Gasteiger partial charge in [-0.15, -0.1) is 0 Å². The molecule has 0 aliphatic rings. The van der Waals surface area contributed by atoms with Crippen LogP contribution in [0.2, 0.25) is 0 Å². The average Bonchev–Trinajstić information content (AvgIpc) is 2.35. The molecule has 2 N–H and O–H groups in total. The zero-order chi connectivity index (χ0) is 13.1. The molecule has 1 aromatic carbocycles. The molecule has 0 bridgehead atoms. The second kappa shape index (κ2) is 5.23. The molecule has 2 aromatic rings. The van der Waals surface area contributed by atoms with Crippen molar-refractivity contribution in [2.45, 2.75) is 19.9 Å². The highest BCUT2D eigenvalue weighted by molar-refractivity contribution is 5.83. The first kappa shape index (κ1) is 12.6. The molecule has 0 fully saturated rings. The summed E-state index contributed by atoms with van der Waals surface area (Å²) in [5.74, 6) is 0.753. The fourth-order valence-corrected chi connectivity index (χ4v) is 2.12. The highest BCUT2D eigenvalue weighted by atomic mass is 16.3. The molecule has 0 unspecified atom stereocenters. The number of fused-ring (bicyclic) bond motifs is 1. The Kier molecular flexibility index (Phi) is 3.67. The number of benzene rings is 1. The normalized spacial score (nSPS) is 11.1. The third kappa shape index (κ3) is 2.38. The fraction of sp³-hybridized carbons (Fsp3) is 0.357. The topological polar surface area (TPSA) is 56.3 Å². The Morgan fingerprint density at radius 1 is 1.33 bits per heavy atom. The molecular formula is C14H18N2O2. The monoisotopic (exact) mass is 246 g/mol. The molecule has 0 saturated carbocycles. The minimum Gasteiger partial charge on any atom is -0.395 e. The number of aliphatic hydroxyl groups excluding tert-OH is 1. The molecule has 0 atom stereocenters. The maximum Gasteiger partial charge on any atom is 0.257 e. The van der Waals surface area contributed by atoms with Crippen molar-refractivity contribution >= 4 is 16.6 Å². The molecule has 1 heterocycles. The number of anilines is 1. The maximum atomic E-state index is 12.0. The van der Waals surface area contributed by atoms with E-state index >= 15 is 0 Å². The van der Waals surface area contributed by atoms with Crippen LogP contribution in [0, 0.1) is 0 Å². The largest absolute Gasteiger partial charge is 0.395 e. The number of aliphatic hydroxyl groups is 1. The number of hydrogen-bond donors (Lipinski definition) is 2. The number of aromatic amines is 1. The van der Waals surface area contributed by atoms with Crippen molar-refractivity contribution in [1.29, 1.82) is 0 Å². The fourth-order valence-electron chi connectivity index (χ4n) is 2.12. The molecule has 0 aliphatic heterocycles. The van der Waals surface area contributed by atoms with Crippen LogP contribution in [0.25, 0.3) is 10.8 Å². The summed E-state index contributed by atoms with van der Waals surface area (Å²) in [6.45, 7) is 4.63. The first-order valence-corrected chi connectivity index (χ1v) is 6.13. The van der Waals surface area contributed by atoms with E-state index in [2.05, 4.69) is 4.98 Å². The smallest absolute Gasteiger partial charge is 0.257 e. The van der Waals surface area contributed by atoms with Crippen LogP contribution in [-0.4, -0.2) is 29.3 Å². The molecule has 18 heavy (non-hydrogen) atoms. The molecule has 2 rings (SSSR count). The zero-order valence-electron chi connectivity index (χ0n) is 10.7. The summed E-state index contributed by atoms with van der Waals surface area (Å²) in [6.07, 6.45) is 0. The Bertz CT molecular complexity index is 590. The minimum absolute atomic E-state index is 0.0625. The number of aromatic nitrogens is 1. The van der Waals surface area contributed by atoms with E-state index in [9.17, 15) is 4.79 Å². The van der Waals surface area contributed by atoms with Gasteiger partial charge in [-0.2, -0.15) is 0 Å². The Balaban J connectivity index is 2.54. The number of pyridine rings is 1. The van der Waals surface area contributed by atoms with Gasteiger partial charge < -0.3 is 15.0 Å². The van der Waals surface area contributed by atoms with Gasteiger partial charge in [0.1, 0.15) is 5.82 Å². The van der Waals surface area contributed by atoms with Crippen molar-refractivity contribution in [1.82, 2.24) is 4.98 Å². The van der Waals surface area contributed by atoms with Gasteiger partial charge in [-0.25, -0.2) is 0 Å². The SMILES string of the molecule is CC(C)N(CCO)c1cc2ccccc2c(=O)[nH]1. The van der Waals surface area contributed by atoms with E-state index in [1.165, 1.54) is 0 Å². The molecule has 0 aliphatic carbocycles. The third-order valence-corrected chi connectivity index (χ3v) is 3.01. The number of nitrogens with one attached hydrogen (secondary N) is 1. The first-order chi connectivity index (χ1) is 8.63. The molecule has 0 saturated heterocycles. The molecule has 0 spiro atoms. The Morgan fingerprint density at radius 2 is 2.06 bits per heavy atom. The van der Waals surface area contributed by atoms with Crippen LogP contribution in [0.4, 0.5) is 5.82 Å². The predicted octanol–water partition coefficient (Wildman–Crippen LogP) is 1.74. The summed E-state index contributed by atoms with van der Waals surface area (Å²) >= 11 is 0. The lowest BCUT2D eigenvalue weighted by Gasteiger charge is -2.27. The Morgan fingerprint density at radius 3 is 2.72 bits per heavy atom. The summed E-state index contributed by atoms with van der Waals surface area (Å²) in [4.78, 5) is 16.8. The van der Waals surface area contributed by atoms with Crippen LogP contribution in [0.15, 0.2) is 35.1 Å². The second-order valence-corrected chi connectivity index (χ2v) is 4.58. The molecular weight excluding hydrogens is 228 g/mol. The molecule has 4 nitrogen and oxygen atoms in total. The maximum absolute atomic E-state index is 12.0. The van der Waals surface area contributed by atoms with E-state index in [-0.39, 0.29) is 18.2 Å². The van der Waals surface area contributed by atoms with Crippen LogP contribution in [0.3, 0.4) is 0 Å². The van der Waals surface area contributed by atoms with Crippen LogP contribution < -0.4 is 10.5 Å². The van der Waals surface area contributed by atoms with E-state index in [0.717, 1.165) is 11.2 Å². The van der Waals surface area contributed by atoms with Gasteiger partial charge in [0.25, 0.3) is 5.56 Å². The summed E-state index contributed by atoms with van der Waals surface area (Å²) in [5.41, 5.74) is -0.0910. The molecule has 1 aromatic heterocycles. The van der Waals surface area contributed by atoms with Crippen LogP contribution in [-0.2, 0) is 0 Å². The average molecular weight is 246 g/mol. The summed E-state index contributed by atoms with van der Waals surface area (Å²) in [5, 5.41) is 10.7. The number of rotatable bonds is 4. The van der Waals surface area contributed by atoms with Gasteiger partial charge in [-0.3, -0.25) is 4.79 Å². The predicted molar refractivity (Wildman–Crippen MR) is 74.1 cm³/mol. The van der Waals surface area contributed by atoms with E-state index in [0.29, 0.717) is 11.9 Å². The van der Waals surface area contributed by atoms with Gasteiger partial charge in [0.05, 0.1) is 6.61 Å². The third-order valence-electron chi connectivity index (χ3n) is 3.01. The molecule has 4 heteroatoms. The highest BCUT2D eigenvalue weighted by Gasteiger charge is 2.12. The van der Waals surface area contributed by atoms with Crippen LogP contribution in [0.1, 0.15) is 13.8 Å². The lowest BCUT2D eigenvalue weighted by Crippen LogP contribution is -2.35. The lowest BCUT2D eigenvalue weighted by atomic mass is 10.1. The lowest BCUT2D eigenvalue weighted by molar-refractivity contribution is 0.298. The summed E-state index contributed by atoms with van der Waals surface area (Å²) in [7, 11) is 0. The van der Waals surface area contributed by atoms with Crippen molar-refractivity contribution in [3.05, 3.63) is 40.7 Å². The van der Waals surface area contributed by atoms with E-state index in [4.69, 9.17) is 5.11 Å². The summed E-state index contributed by atoms with van der Waals surface area (Å²) < 4.78 is 0. The second-order valence-electron chi connectivity index (χ2n) is 4.58. The Labute approximate surface area is 106 Å². The van der Waals surface area contributed by atoms with Crippen LogP contribution in [0.5, 0.6) is 0 Å². The van der Waals surface area contributed by atoms with Crippen molar-refractivity contribution < 1.29 is 5.11 Å². The summed E-state index contributed by atoms with van der Waals surface area (Å²) in [6, 6.07) is 9.67. The quantitative estimate of drug-likeness (QED) is 0.864. The molecule has 0 amide bonds. The van der Waals surface area contributed by atoms with Gasteiger partial charge in [0, 0.05) is 18.0 Å². The van der Waals surface area contributed by atoms with Crippen molar-refractivity contribution in [2.75, 3.05) is 18.1 Å². The zero-order valence-corrected chi connectivity index (χ0v) is 10.7. The number of H-pyrrole nitrogens is 1. The molecule has 0 radical (unpaired) electrons. The van der Waals surface area contributed by atoms with Gasteiger partial charge in [0.15, 0.2) is 0 Å². The number of hydrogen-bond acceptors (Lipinski definition) is 3. The van der Waals surface area contributed by atoms with Gasteiger partial charge >= 0.3 is 0 Å². The van der Waals surface area contributed by atoms with Crippen molar-refractivity contribution in [3.63, 3.8) is 0 Å². The van der Waals surface area contributed by atoms with Gasteiger partial charge in [-0.05, 0) is 31.4 Å². The van der Waals surface area contributed by atoms with Gasteiger partial charge in [0.2, 0.25) is 0 Å². The standard InChI is InChI=1S/C14H18N2O2/c1-10(2)16(7-8-17)13-9-11-5-3-4-6-12(11)14(18)15-13/h3-6,9-10,17H,7-8H2,1-2H3,(H,15,18). The first-order valence-electron chi connectivity index (χ1n) is 6.13. The van der Waals surface area contributed by atoms with Crippen molar-refractivity contribution in [3.8, 4) is 0 Å². The van der Waals surface area contributed by atoms with Crippen LogP contribution >= 0.6 is 0 Å². The van der Waals surface area contributed by atoms with E-state index < -0.39 is 0 Å². The highest BCUT2D eigenvalue weighted by Crippen LogP contribution is 2.17. The molecule has 96 valence electrons. The number of nitrogens with zero attached hydrogens (tertiary/aromatic N) is 1.